The largest absolute Gasteiger partial charge is 0.364 e. The molecule has 1 aromatic heterocycles. The van der Waals surface area contributed by atoms with Gasteiger partial charge in [-0.3, -0.25) is 0 Å². The molecule has 1 aromatic rings. The van der Waals surface area contributed by atoms with Crippen molar-refractivity contribution in [2.75, 3.05) is 6.54 Å². The van der Waals surface area contributed by atoms with E-state index in [9.17, 15) is 0 Å². The van der Waals surface area contributed by atoms with Crippen molar-refractivity contribution in [3.63, 3.8) is 0 Å². The summed E-state index contributed by atoms with van der Waals surface area (Å²) in [6, 6.07) is 3.98. The van der Waals surface area contributed by atoms with E-state index >= 15 is 0 Å². The molecule has 0 aliphatic rings. The van der Waals surface area contributed by atoms with Gasteiger partial charge in [0.05, 0.1) is 0 Å². The Labute approximate surface area is 60.4 Å². The summed E-state index contributed by atoms with van der Waals surface area (Å²) in [7, 11) is 0. The highest BCUT2D eigenvalue weighted by Crippen LogP contribution is 2.08. The number of rotatable bonds is 3. The molecule has 5 N–H and O–H groups in total. The maximum Gasteiger partial charge on any atom is 0.0459 e. The third kappa shape index (κ3) is 1.59. The van der Waals surface area contributed by atoms with E-state index < -0.39 is 0 Å². The molecular weight excluding hydrogens is 126 g/mol. The molecule has 1 rings (SSSR count). The molecule has 1 atom stereocenters. The number of aromatic nitrogens is 1. The van der Waals surface area contributed by atoms with Gasteiger partial charge in [-0.05, 0) is 25.1 Å². The molecule has 1 heterocycles. The van der Waals surface area contributed by atoms with Gasteiger partial charge in [0.25, 0.3) is 0 Å². The van der Waals surface area contributed by atoms with Gasteiger partial charge in [-0.15, -0.1) is 0 Å². The summed E-state index contributed by atoms with van der Waals surface area (Å²) in [5, 5.41) is 0. The molecule has 0 aliphatic carbocycles. The Balaban J connectivity index is 2.50. The lowest BCUT2D eigenvalue weighted by Crippen LogP contribution is -2.15. The Morgan fingerprint density at radius 3 is 2.90 bits per heavy atom. The first-order valence-corrected chi connectivity index (χ1v) is 3.43. The molecule has 0 aromatic carbocycles. The van der Waals surface area contributed by atoms with Crippen LogP contribution in [0.4, 0.5) is 0 Å². The van der Waals surface area contributed by atoms with E-state index in [0.29, 0.717) is 6.54 Å². The molecule has 3 nitrogen and oxygen atoms in total. The number of H-pyrrole nitrogens is 1. The molecule has 10 heavy (non-hydrogen) atoms. The standard InChI is InChI=1S/C7H13N3/c8-4-3-6(9)7-2-1-5-10-7/h1-2,5-6,10H,3-4,8-9H2/t6-/m1/s1. The van der Waals surface area contributed by atoms with Crippen LogP contribution in [-0.2, 0) is 0 Å². The molecule has 0 amide bonds. The summed E-state index contributed by atoms with van der Waals surface area (Å²) in [5.41, 5.74) is 12.1. The fourth-order valence-electron chi connectivity index (χ4n) is 0.910. The number of hydrogen-bond donors (Lipinski definition) is 3. The van der Waals surface area contributed by atoms with Crippen LogP contribution in [0.1, 0.15) is 18.2 Å². The first kappa shape index (κ1) is 7.31. The molecule has 0 fully saturated rings. The zero-order valence-electron chi connectivity index (χ0n) is 5.88. The third-order valence-electron chi connectivity index (χ3n) is 1.50. The van der Waals surface area contributed by atoms with Gasteiger partial charge < -0.3 is 16.5 Å². The normalized spacial score (nSPS) is 13.4. The predicted octanol–water partition coefficient (Wildman–Crippen LogP) is 0.363. The molecule has 0 saturated carbocycles. The van der Waals surface area contributed by atoms with E-state index in [1.165, 1.54) is 0 Å². The molecule has 0 spiro atoms. The topological polar surface area (TPSA) is 67.8 Å². The van der Waals surface area contributed by atoms with Crippen LogP contribution < -0.4 is 11.5 Å². The van der Waals surface area contributed by atoms with Gasteiger partial charge >= 0.3 is 0 Å². The summed E-state index contributed by atoms with van der Waals surface area (Å²) in [6.07, 6.45) is 2.70. The highest BCUT2D eigenvalue weighted by atomic mass is 14.8. The minimum absolute atomic E-state index is 0.0694. The van der Waals surface area contributed by atoms with Gasteiger partial charge in [-0.25, -0.2) is 0 Å². The van der Waals surface area contributed by atoms with Crippen molar-refractivity contribution in [3.8, 4) is 0 Å². The van der Waals surface area contributed by atoms with Crippen LogP contribution in [0.25, 0.3) is 0 Å². The van der Waals surface area contributed by atoms with Gasteiger partial charge in [0.15, 0.2) is 0 Å². The van der Waals surface area contributed by atoms with Crippen molar-refractivity contribution in [2.45, 2.75) is 12.5 Å². The monoisotopic (exact) mass is 139 g/mol. The Morgan fingerprint density at radius 1 is 1.60 bits per heavy atom. The fraction of sp³-hybridized carbons (Fsp3) is 0.429. The van der Waals surface area contributed by atoms with Crippen LogP contribution in [0.5, 0.6) is 0 Å². The zero-order chi connectivity index (χ0) is 7.40. The van der Waals surface area contributed by atoms with Crippen LogP contribution in [-0.4, -0.2) is 11.5 Å². The van der Waals surface area contributed by atoms with Gasteiger partial charge in [-0.1, -0.05) is 0 Å². The third-order valence-corrected chi connectivity index (χ3v) is 1.50. The van der Waals surface area contributed by atoms with Gasteiger partial charge in [0, 0.05) is 17.9 Å². The second kappa shape index (κ2) is 3.39. The van der Waals surface area contributed by atoms with Crippen LogP contribution in [0.3, 0.4) is 0 Å². The van der Waals surface area contributed by atoms with E-state index in [0.717, 1.165) is 12.1 Å². The lowest BCUT2D eigenvalue weighted by molar-refractivity contribution is 0.646. The highest BCUT2D eigenvalue weighted by Gasteiger charge is 2.03. The number of nitrogens with two attached hydrogens (primary N) is 2. The number of aromatic amines is 1. The molecule has 0 aliphatic heterocycles. The quantitative estimate of drug-likeness (QED) is 0.566. The molecule has 56 valence electrons. The van der Waals surface area contributed by atoms with Crippen LogP contribution in [0, 0.1) is 0 Å². The second-order valence-electron chi connectivity index (χ2n) is 2.31. The van der Waals surface area contributed by atoms with E-state index in [2.05, 4.69) is 4.98 Å². The van der Waals surface area contributed by atoms with E-state index in [1.807, 2.05) is 18.3 Å². The molecule has 0 bridgehead atoms. The average molecular weight is 139 g/mol. The predicted molar refractivity (Wildman–Crippen MR) is 41.4 cm³/mol. The van der Waals surface area contributed by atoms with Crippen LogP contribution >= 0.6 is 0 Å². The summed E-state index contributed by atoms with van der Waals surface area (Å²) in [5.74, 6) is 0. The first-order chi connectivity index (χ1) is 4.84. The molecule has 0 unspecified atom stereocenters. The summed E-state index contributed by atoms with van der Waals surface area (Å²) >= 11 is 0. The molecule has 0 radical (unpaired) electrons. The van der Waals surface area contributed by atoms with E-state index in [4.69, 9.17) is 11.5 Å². The van der Waals surface area contributed by atoms with Crippen LogP contribution in [0.15, 0.2) is 18.3 Å². The fourth-order valence-corrected chi connectivity index (χ4v) is 0.910. The Kier molecular flexibility index (Phi) is 2.48. The number of nitrogens with one attached hydrogen (secondary N) is 1. The maximum atomic E-state index is 5.74. The van der Waals surface area contributed by atoms with Gasteiger partial charge in [-0.2, -0.15) is 0 Å². The first-order valence-electron chi connectivity index (χ1n) is 3.43. The van der Waals surface area contributed by atoms with Crippen molar-refractivity contribution in [1.82, 2.24) is 4.98 Å². The molecule has 3 heteroatoms. The Bertz CT molecular complexity index is 169. The lowest BCUT2D eigenvalue weighted by Gasteiger charge is -2.06. The van der Waals surface area contributed by atoms with Crippen molar-refractivity contribution < 1.29 is 0 Å². The van der Waals surface area contributed by atoms with Crippen molar-refractivity contribution in [3.05, 3.63) is 24.0 Å². The van der Waals surface area contributed by atoms with Crippen LogP contribution in [0.2, 0.25) is 0 Å². The van der Waals surface area contributed by atoms with E-state index in [-0.39, 0.29) is 6.04 Å². The smallest absolute Gasteiger partial charge is 0.0459 e. The maximum absolute atomic E-state index is 5.74. The van der Waals surface area contributed by atoms with Crippen molar-refractivity contribution in [1.29, 1.82) is 0 Å². The highest BCUT2D eigenvalue weighted by molar-refractivity contribution is 5.08. The molecular formula is C7H13N3. The summed E-state index contributed by atoms with van der Waals surface area (Å²) in [4.78, 5) is 3.04. The number of hydrogen-bond acceptors (Lipinski definition) is 2. The SMILES string of the molecule is NCC[C@@H](N)c1ccc[nH]1. The van der Waals surface area contributed by atoms with Gasteiger partial charge in [0.2, 0.25) is 0 Å². The minimum atomic E-state index is 0.0694. The van der Waals surface area contributed by atoms with Crippen molar-refractivity contribution >= 4 is 0 Å². The Hall–Kier alpha value is -0.800. The minimum Gasteiger partial charge on any atom is -0.364 e. The molecule has 0 saturated heterocycles. The second-order valence-corrected chi connectivity index (χ2v) is 2.31. The zero-order valence-corrected chi connectivity index (χ0v) is 5.88. The van der Waals surface area contributed by atoms with E-state index in [1.54, 1.807) is 0 Å². The Morgan fingerprint density at radius 2 is 2.40 bits per heavy atom. The van der Waals surface area contributed by atoms with Crippen molar-refractivity contribution in [2.24, 2.45) is 11.5 Å². The summed E-state index contributed by atoms with van der Waals surface area (Å²) in [6.45, 7) is 0.639. The van der Waals surface area contributed by atoms with Gasteiger partial charge in [0.1, 0.15) is 0 Å². The summed E-state index contributed by atoms with van der Waals surface area (Å²) < 4.78 is 0. The average Bonchev–Trinajstić information content (AvgIpc) is 2.38. The lowest BCUT2D eigenvalue weighted by atomic mass is 10.1.